The number of aryl methyl sites for hydroxylation is 1. The summed E-state index contributed by atoms with van der Waals surface area (Å²) in [5, 5.41) is 0. The number of para-hydroxylation sites is 1. The maximum atomic E-state index is 12.5. The zero-order valence-electron chi connectivity index (χ0n) is 17.0. The van der Waals surface area contributed by atoms with E-state index in [1.807, 2.05) is 54.8 Å². The predicted octanol–water partition coefficient (Wildman–Crippen LogP) is 4.61. The largest absolute Gasteiger partial charge is 0.318 e. The van der Waals surface area contributed by atoms with Gasteiger partial charge in [0, 0.05) is 23.5 Å². The van der Waals surface area contributed by atoms with Crippen molar-refractivity contribution in [3.63, 3.8) is 0 Å². The smallest absolute Gasteiger partial charge is 0.271 e. The van der Waals surface area contributed by atoms with Crippen molar-refractivity contribution < 1.29 is 9.59 Å². The Balaban J connectivity index is 1.50. The van der Waals surface area contributed by atoms with Crippen LogP contribution in [0.25, 0.3) is 5.69 Å². The van der Waals surface area contributed by atoms with Crippen molar-refractivity contribution in [2.24, 2.45) is 5.92 Å². The number of aromatic nitrogens is 1. The van der Waals surface area contributed by atoms with Crippen LogP contribution in [0.2, 0.25) is 0 Å². The lowest BCUT2D eigenvalue weighted by Gasteiger charge is -2.21. The molecule has 0 saturated heterocycles. The Morgan fingerprint density at radius 3 is 2.46 bits per heavy atom. The molecule has 3 rings (SSSR count). The normalized spacial score (nSPS) is 14.6. The van der Waals surface area contributed by atoms with Crippen LogP contribution in [0, 0.1) is 19.8 Å². The van der Waals surface area contributed by atoms with E-state index in [-0.39, 0.29) is 11.8 Å². The molecule has 1 fully saturated rings. The van der Waals surface area contributed by atoms with Crippen LogP contribution in [0.5, 0.6) is 0 Å². The molecule has 1 heterocycles. The fourth-order valence-corrected chi connectivity index (χ4v) is 4.25. The first-order chi connectivity index (χ1) is 13.6. The molecule has 28 heavy (non-hydrogen) atoms. The molecule has 2 N–H and O–H groups in total. The van der Waals surface area contributed by atoms with Gasteiger partial charge in [-0.1, -0.05) is 50.3 Å². The fourth-order valence-electron chi connectivity index (χ4n) is 4.25. The van der Waals surface area contributed by atoms with Gasteiger partial charge in [-0.3, -0.25) is 20.4 Å². The van der Waals surface area contributed by atoms with Crippen LogP contribution < -0.4 is 10.9 Å². The molecule has 0 spiro atoms. The van der Waals surface area contributed by atoms with Gasteiger partial charge in [0.15, 0.2) is 0 Å². The first-order valence-corrected chi connectivity index (χ1v) is 10.4. The molecule has 1 aromatic heterocycles. The van der Waals surface area contributed by atoms with Gasteiger partial charge in [0.2, 0.25) is 5.91 Å². The highest BCUT2D eigenvalue weighted by Gasteiger charge is 2.17. The molecular formula is C23H31N3O2. The Kier molecular flexibility index (Phi) is 6.90. The van der Waals surface area contributed by atoms with Crippen molar-refractivity contribution in [2.45, 2.75) is 65.2 Å². The van der Waals surface area contributed by atoms with Gasteiger partial charge in [-0.25, -0.2) is 0 Å². The van der Waals surface area contributed by atoms with Gasteiger partial charge in [-0.15, -0.1) is 0 Å². The lowest BCUT2D eigenvalue weighted by atomic mass is 9.86. The number of carbonyl (C=O) groups excluding carboxylic acids is 2. The van der Waals surface area contributed by atoms with Crippen molar-refractivity contribution in [1.82, 2.24) is 15.4 Å². The molecule has 0 bridgehead atoms. The second kappa shape index (κ2) is 9.58. The Morgan fingerprint density at radius 2 is 1.75 bits per heavy atom. The quantitative estimate of drug-likeness (QED) is 0.718. The first kappa shape index (κ1) is 20.2. The van der Waals surface area contributed by atoms with Gasteiger partial charge in [-0.2, -0.15) is 0 Å². The second-order valence-corrected chi connectivity index (χ2v) is 7.85. The van der Waals surface area contributed by atoms with Gasteiger partial charge in [0.25, 0.3) is 5.91 Å². The van der Waals surface area contributed by atoms with Crippen LogP contribution >= 0.6 is 0 Å². The van der Waals surface area contributed by atoms with E-state index in [9.17, 15) is 9.59 Å². The van der Waals surface area contributed by atoms with E-state index in [1.54, 1.807) is 0 Å². The zero-order chi connectivity index (χ0) is 19.9. The molecule has 2 amide bonds. The molecule has 1 aromatic carbocycles. The topological polar surface area (TPSA) is 63.1 Å². The second-order valence-electron chi connectivity index (χ2n) is 7.85. The summed E-state index contributed by atoms with van der Waals surface area (Å²) in [6.45, 7) is 3.89. The number of benzene rings is 1. The van der Waals surface area contributed by atoms with Gasteiger partial charge in [-0.05, 0) is 50.8 Å². The summed E-state index contributed by atoms with van der Waals surface area (Å²) in [6, 6.07) is 11.8. The van der Waals surface area contributed by atoms with Crippen LogP contribution in [0.1, 0.15) is 73.1 Å². The van der Waals surface area contributed by atoms with Crippen LogP contribution in [-0.4, -0.2) is 16.4 Å². The van der Waals surface area contributed by atoms with Crippen molar-refractivity contribution in [1.29, 1.82) is 0 Å². The maximum absolute atomic E-state index is 12.5. The maximum Gasteiger partial charge on any atom is 0.271 e. The summed E-state index contributed by atoms with van der Waals surface area (Å²) in [6.07, 6.45) is 9.07. The predicted molar refractivity (Wildman–Crippen MR) is 111 cm³/mol. The minimum atomic E-state index is -0.282. The Morgan fingerprint density at radius 1 is 1.04 bits per heavy atom. The van der Waals surface area contributed by atoms with E-state index >= 15 is 0 Å². The summed E-state index contributed by atoms with van der Waals surface area (Å²) in [7, 11) is 0. The van der Waals surface area contributed by atoms with E-state index in [4.69, 9.17) is 0 Å². The number of rotatable bonds is 6. The summed E-state index contributed by atoms with van der Waals surface area (Å²) in [5.41, 5.74) is 8.56. The SMILES string of the molecule is Cc1cc(C(=O)NNC(=O)CCCC2CCCCC2)c(C)n1-c1ccccc1. The minimum Gasteiger partial charge on any atom is -0.318 e. The lowest BCUT2D eigenvalue weighted by molar-refractivity contribution is -0.122. The van der Waals surface area contributed by atoms with E-state index in [1.165, 1.54) is 32.1 Å². The number of hydrazine groups is 1. The summed E-state index contributed by atoms with van der Waals surface area (Å²) < 4.78 is 2.04. The Labute approximate surface area is 167 Å². The van der Waals surface area contributed by atoms with Crippen molar-refractivity contribution in [3.05, 3.63) is 53.3 Å². The van der Waals surface area contributed by atoms with E-state index in [0.717, 1.165) is 35.8 Å². The number of amides is 2. The van der Waals surface area contributed by atoms with E-state index in [2.05, 4.69) is 10.9 Å². The average Bonchev–Trinajstić information content (AvgIpc) is 3.02. The van der Waals surface area contributed by atoms with Crippen LogP contribution in [0.15, 0.2) is 36.4 Å². The van der Waals surface area contributed by atoms with Crippen molar-refractivity contribution >= 4 is 11.8 Å². The highest BCUT2D eigenvalue weighted by Crippen LogP contribution is 2.27. The third-order valence-corrected chi connectivity index (χ3v) is 5.75. The summed E-state index contributed by atoms with van der Waals surface area (Å²) in [4.78, 5) is 24.6. The number of carbonyl (C=O) groups is 2. The Hall–Kier alpha value is -2.56. The first-order valence-electron chi connectivity index (χ1n) is 10.4. The van der Waals surface area contributed by atoms with E-state index < -0.39 is 0 Å². The molecule has 150 valence electrons. The summed E-state index contributed by atoms with van der Waals surface area (Å²) in [5.74, 6) is 0.372. The molecule has 0 unspecified atom stereocenters. The molecule has 0 aliphatic heterocycles. The standard InChI is InChI=1S/C23H31N3O2/c1-17-16-21(18(2)26(17)20-13-7-4-8-14-20)23(28)25-24-22(27)15-9-12-19-10-5-3-6-11-19/h4,7-8,13-14,16,19H,3,5-6,9-12,15H2,1-2H3,(H,24,27)(H,25,28). The van der Waals surface area contributed by atoms with Gasteiger partial charge in [0.05, 0.1) is 5.56 Å². The average molecular weight is 382 g/mol. The Bertz CT molecular complexity index is 805. The number of nitrogens with one attached hydrogen (secondary N) is 2. The van der Waals surface area contributed by atoms with Gasteiger partial charge >= 0.3 is 0 Å². The zero-order valence-corrected chi connectivity index (χ0v) is 17.0. The van der Waals surface area contributed by atoms with Gasteiger partial charge in [0.1, 0.15) is 0 Å². The molecule has 5 nitrogen and oxygen atoms in total. The monoisotopic (exact) mass is 381 g/mol. The third kappa shape index (κ3) is 5.03. The molecule has 1 saturated carbocycles. The molecule has 0 radical (unpaired) electrons. The van der Waals surface area contributed by atoms with E-state index in [0.29, 0.717) is 12.0 Å². The molecular weight excluding hydrogens is 350 g/mol. The van der Waals surface area contributed by atoms with Crippen LogP contribution in [0.3, 0.4) is 0 Å². The minimum absolute atomic E-state index is 0.124. The molecule has 0 atom stereocenters. The number of hydrogen-bond donors (Lipinski definition) is 2. The van der Waals surface area contributed by atoms with Crippen LogP contribution in [0.4, 0.5) is 0 Å². The van der Waals surface area contributed by atoms with Crippen molar-refractivity contribution in [2.75, 3.05) is 0 Å². The highest BCUT2D eigenvalue weighted by molar-refractivity contribution is 5.96. The van der Waals surface area contributed by atoms with Crippen LogP contribution in [-0.2, 0) is 4.79 Å². The third-order valence-electron chi connectivity index (χ3n) is 5.75. The molecule has 1 aliphatic rings. The molecule has 2 aromatic rings. The number of nitrogens with zero attached hydrogens (tertiary/aromatic N) is 1. The highest BCUT2D eigenvalue weighted by atomic mass is 16.2. The summed E-state index contributed by atoms with van der Waals surface area (Å²) >= 11 is 0. The molecule has 5 heteroatoms. The fraction of sp³-hybridized carbons (Fsp3) is 0.478. The molecule has 1 aliphatic carbocycles. The lowest BCUT2D eigenvalue weighted by Crippen LogP contribution is -2.41. The van der Waals surface area contributed by atoms with Crippen molar-refractivity contribution in [3.8, 4) is 5.69 Å². The van der Waals surface area contributed by atoms with Gasteiger partial charge < -0.3 is 4.57 Å². The number of hydrogen-bond acceptors (Lipinski definition) is 2.